The molecular weight excluding hydrogens is 402 g/mol. The van der Waals surface area contributed by atoms with Crippen LogP contribution < -0.4 is 11.2 Å². The van der Waals surface area contributed by atoms with Crippen LogP contribution in [-0.2, 0) is 35.5 Å². The number of esters is 1. The predicted octanol–water partition coefficient (Wildman–Crippen LogP) is 2.40. The van der Waals surface area contributed by atoms with E-state index in [4.69, 9.17) is 4.74 Å². The van der Waals surface area contributed by atoms with Gasteiger partial charge in [0.1, 0.15) is 11.4 Å². The van der Waals surface area contributed by atoms with Gasteiger partial charge in [-0.15, -0.1) is 11.3 Å². The normalized spacial score (nSPS) is 19.7. The number of piperidine rings is 1. The molecule has 0 unspecified atom stereocenters. The maximum atomic E-state index is 13.3. The summed E-state index contributed by atoms with van der Waals surface area (Å²) in [6, 6.07) is 0. The van der Waals surface area contributed by atoms with Crippen molar-refractivity contribution in [3.63, 3.8) is 0 Å². The molecule has 1 saturated heterocycles. The molecule has 30 heavy (non-hydrogen) atoms. The largest absolute Gasteiger partial charge is 0.465 e. The quantitative estimate of drug-likeness (QED) is 0.654. The van der Waals surface area contributed by atoms with Crippen molar-refractivity contribution in [1.82, 2.24) is 14.0 Å². The number of carbonyl (C=O) groups is 1. The van der Waals surface area contributed by atoms with Crippen molar-refractivity contribution in [2.45, 2.75) is 65.5 Å². The van der Waals surface area contributed by atoms with E-state index in [2.05, 4.69) is 11.8 Å². The molecule has 2 aliphatic rings. The molecule has 1 atom stereocenters. The molecule has 1 aliphatic carbocycles. The second-order valence-corrected chi connectivity index (χ2v) is 9.65. The number of aryl methyl sites for hydroxylation is 1. The maximum Gasteiger partial charge on any atom is 0.332 e. The van der Waals surface area contributed by atoms with Crippen molar-refractivity contribution < 1.29 is 9.53 Å². The summed E-state index contributed by atoms with van der Waals surface area (Å²) < 4.78 is 7.84. The molecule has 0 spiro atoms. The van der Waals surface area contributed by atoms with Gasteiger partial charge >= 0.3 is 11.7 Å². The van der Waals surface area contributed by atoms with E-state index < -0.39 is 11.7 Å². The standard InChI is InChI=1S/C22H31N3O4S/c1-3-29-18(26)14-25-20(27)19-16-13-15(2)7-8-17(16)30-21(19)24(22(25)28)12-11-23-9-5-4-6-10-23/h15H,3-14H2,1-2H3/t15-/m0/s1. The zero-order valence-electron chi connectivity index (χ0n) is 17.9. The Balaban J connectivity index is 1.80. The van der Waals surface area contributed by atoms with Gasteiger partial charge in [-0.05, 0) is 63.6 Å². The van der Waals surface area contributed by atoms with Gasteiger partial charge in [0, 0.05) is 18.0 Å². The monoisotopic (exact) mass is 433 g/mol. The highest BCUT2D eigenvalue weighted by molar-refractivity contribution is 7.18. The maximum absolute atomic E-state index is 13.3. The fourth-order valence-corrected chi connectivity index (χ4v) is 6.06. The highest BCUT2D eigenvalue weighted by atomic mass is 32.1. The van der Waals surface area contributed by atoms with Gasteiger partial charge in [-0.1, -0.05) is 13.3 Å². The van der Waals surface area contributed by atoms with Crippen LogP contribution in [0.4, 0.5) is 0 Å². The Morgan fingerprint density at radius 3 is 2.63 bits per heavy atom. The lowest BCUT2D eigenvalue weighted by atomic mass is 9.89. The molecule has 0 N–H and O–H groups in total. The minimum Gasteiger partial charge on any atom is -0.465 e. The summed E-state index contributed by atoms with van der Waals surface area (Å²) in [6.07, 6.45) is 6.56. The minimum absolute atomic E-state index is 0.227. The lowest BCUT2D eigenvalue weighted by Crippen LogP contribution is -2.43. The third-order valence-corrected chi connectivity index (χ3v) is 7.65. The SMILES string of the molecule is CCOC(=O)Cn1c(=O)c2c3c(sc2n(CCN2CCCCC2)c1=O)CC[C@H](C)C3. The smallest absolute Gasteiger partial charge is 0.332 e. The molecule has 2 aromatic rings. The fourth-order valence-electron chi connectivity index (χ4n) is 4.71. The van der Waals surface area contributed by atoms with Gasteiger partial charge in [-0.25, -0.2) is 9.36 Å². The number of aromatic nitrogens is 2. The Morgan fingerprint density at radius 2 is 1.90 bits per heavy atom. The number of hydrogen-bond acceptors (Lipinski definition) is 6. The van der Waals surface area contributed by atoms with Crippen molar-refractivity contribution in [3.8, 4) is 0 Å². The van der Waals surface area contributed by atoms with Gasteiger partial charge in [0.2, 0.25) is 0 Å². The first-order valence-corrected chi connectivity index (χ1v) is 12.0. The average Bonchev–Trinajstić information content (AvgIpc) is 3.10. The Hall–Kier alpha value is -1.93. The molecule has 0 bridgehead atoms. The summed E-state index contributed by atoms with van der Waals surface area (Å²) in [7, 11) is 0. The van der Waals surface area contributed by atoms with Gasteiger partial charge in [-0.3, -0.25) is 14.2 Å². The highest BCUT2D eigenvalue weighted by Gasteiger charge is 2.26. The lowest BCUT2D eigenvalue weighted by Gasteiger charge is -2.26. The highest BCUT2D eigenvalue weighted by Crippen LogP contribution is 2.36. The van der Waals surface area contributed by atoms with Crippen molar-refractivity contribution in [2.75, 3.05) is 26.2 Å². The molecule has 0 aromatic carbocycles. The summed E-state index contributed by atoms with van der Waals surface area (Å²) in [4.78, 5) is 43.1. The third kappa shape index (κ3) is 4.12. The summed E-state index contributed by atoms with van der Waals surface area (Å²) in [5, 5.41) is 0.643. The van der Waals surface area contributed by atoms with Crippen molar-refractivity contribution in [2.24, 2.45) is 5.92 Å². The Bertz CT molecular complexity index is 1050. The molecule has 8 heteroatoms. The van der Waals surface area contributed by atoms with E-state index in [-0.39, 0.29) is 18.7 Å². The van der Waals surface area contributed by atoms with E-state index in [0.29, 0.717) is 17.8 Å². The lowest BCUT2D eigenvalue weighted by molar-refractivity contribution is -0.143. The van der Waals surface area contributed by atoms with E-state index >= 15 is 0 Å². The van der Waals surface area contributed by atoms with Crippen LogP contribution in [-0.4, -0.2) is 46.2 Å². The van der Waals surface area contributed by atoms with Gasteiger partial charge in [0.25, 0.3) is 5.56 Å². The molecule has 0 saturated carbocycles. The first kappa shape index (κ1) is 21.3. The topological polar surface area (TPSA) is 73.5 Å². The number of thiophene rings is 1. The van der Waals surface area contributed by atoms with Crippen LogP contribution in [0.2, 0.25) is 0 Å². The number of rotatable bonds is 6. The molecule has 1 aliphatic heterocycles. The molecule has 0 amide bonds. The Labute approximate surface area is 180 Å². The van der Waals surface area contributed by atoms with Crippen molar-refractivity contribution >= 4 is 27.5 Å². The van der Waals surface area contributed by atoms with Crippen LogP contribution in [0.15, 0.2) is 9.59 Å². The summed E-state index contributed by atoms with van der Waals surface area (Å²) >= 11 is 1.60. The Morgan fingerprint density at radius 1 is 1.13 bits per heavy atom. The van der Waals surface area contributed by atoms with Crippen LogP contribution >= 0.6 is 11.3 Å². The van der Waals surface area contributed by atoms with Crippen LogP contribution in [0.1, 0.15) is 50.0 Å². The third-order valence-electron chi connectivity index (χ3n) is 6.34. The van der Waals surface area contributed by atoms with Crippen LogP contribution in [0.3, 0.4) is 0 Å². The number of carbonyl (C=O) groups excluding carboxylic acids is 1. The van der Waals surface area contributed by atoms with Crippen LogP contribution in [0.25, 0.3) is 10.2 Å². The number of hydrogen-bond donors (Lipinski definition) is 0. The van der Waals surface area contributed by atoms with E-state index in [1.54, 1.807) is 22.8 Å². The summed E-state index contributed by atoms with van der Waals surface area (Å²) in [5.41, 5.74) is 0.344. The number of ether oxygens (including phenoxy) is 1. The molecule has 1 fully saturated rings. The summed E-state index contributed by atoms with van der Waals surface area (Å²) in [5.74, 6) is -0.0296. The zero-order valence-corrected chi connectivity index (χ0v) is 18.8. The van der Waals surface area contributed by atoms with Crippen molar-refractivity contribution in [3.05, 3.63) is 31.3 Å². The molecule has 164 valence electrons. The number of likely N-dealkylation sites (tertiary alicyclic amines) is 1. The first-order valence-electron chi connectivity index (χ1n) is 11.2. The van der Waals surface area contributed by atoms with Gasteiger partial charge in [0.15, 0.2) is 0 Å². The molecule has 0 radical (unpaired) electrons. The molecule has 2 aromatic heterocycles. The van der Waals surface area contributed by atoms with Gasteiger partial charge < -0.3 is 9.64 Å². The first-order chi connectivity index (χ1) is 14.5. The van der Waals surface area contributed by atoms with E-state index in [0.717, 1.165) is 53.9 Å². The number of nitrogens with zero attached hydrogens (tertiary/aromatic N) is 3. The minimum atomic E-state index is -0.545. The molecule has 4 rings (SSSR count). The molecular formula is C22H31N3O4S. The van der Waals surface area contributed by atoms with Crippen LogP contribution in [0.5, 0.6) is 0 Å². The fraction of sp³-hybridized carbons (Fsp3) is 0.682. The predicted molar refractivity (Wildman–Crippen MR) is 118 cm³/mol. The van der Waals surface area contributed by atoms with Gasteiger partial charge in [0.05, 0.1) is 12.0 Å². The Kier molecular flexibility index (Phi) is 6.43. The van der Waals surface area contributed by atoms with E-state index in [9.17, 15) is 14.4 Å². The van der Waals surface area contributed by atoms with E-state index in [1.165, 1.54) is 24.1 Å². The second kappa shape index (κ2) is 9.06. The number of fused-ring (bicyclic) bond motifs is 3. The molecule has 3 heterocycles. The zero-order chi connectivity index (χ0) is 21.3. The molecule has 7 nitrogen and oxygen atoms in total. The average molecular weight is 434 g/mol. The summed E-state index contributed by atoms with van der Waals surface area (Å²) in [6.45, 7) is 7.25. The van der Waals surface area contributed by atoms with E-state index in [1.807, 2.05) is 0 Å². The van der Waals surface area contributed by atoms with Crippen molar-refractivity contribution in [1.29, 1.82) is 0 Å². The van der Waals surface area contributed by atoms with Crippen LogP contribution in [0, 0.1) is 5.92 Å². The van der Waals surface area contributed by atoms with Gasteiger partial charge in [-0.2, -0.15) is 0 Å². The second-order valence-electron chi connectivity index (χ2n) is 8.56.